The van der Waals surface area contributed by atoms with Crippen LogP contribution in [0.1, 0.15) is 52.7 Å². The highest BCUT2D eigenvalue weighted by molar-refractivity contribution is 9.09. The summed E-state index contributed by atoms with van der Waals surface area (Å²) in [5, 5.41) is 0. The number of fused-ring (bicyclic) bond motifs is 1. The van der Waals surface area contributed by atoms with Gasteiger partial charge in [-0.2, -0.15) is 0 Å². The molecule has 1 amide bonds. The number of nitrogens with zero attached hydrogens (tertiary/aromatic N) is 1. The molecule has 22 heavy (non-hydrogen) atoms. The highest BCUT2D eigenvalue weighted by Gasteiger charge is 2.36. The minimum Gasteiger partial charge on any atom is -0.309 e. The van der Waals surface area contributed by atoms with Crippen LogP contribution in [0.15, 0.2) is 18.2 Å². The van der Waals surface area contributed by atoms with Crippen LogP contribution < -0.4 is 4.90 Å². The first kappa shape index (κ1) is 17.5. The number of halogens is 1. The summed E-state index contributed by atoms with van der Waals surface area (Å²) in [7, 11) is 0. The molecular formula is C19H28BrNO. The first-order valence-electron chi connectivity index (χ1n) is 8.20. The third-order valence-corrected chi connectivity index (χ3v) is 5.76. The summed E-state index contributed by atoms with van der Waals surface area (Å²) in [6.07, 6.45) is 1.99. The summed E-state index contributed by atoms with van der Waals surface area (Å²) in [6.45, 7) is 12.6. The Morgan fingerprint density at radius 1 is 1.36 bits per heavy atom. The van der Waals surface area contributed by atoms with Gasteiger partial charge in [0.25, 0.3) is 0 Å². The van der Waals surface area contributed by atoms with Gasteiger partial charge in [0.15, 0.2) is 0 Å². The molecule has 2 nitrogen and oxygen atoms in total. The van der Waals surface area contributed by atoms with Crippen LogP contribution in [0, 0.1) is 11.3 Å². The highest BCUT2D eigenvalue weighted by Crippen LogP contribution is 2.36. The Bertz CT molecular complexity index is 559. The van der Waals surface area contributed by atoms with Crippen LogP contribution in [-0.4, -0.2) is 16.8 Å². The fourth-order valence-corrected chi connectivity index (χ4v) is 3.32. The largest absolute Gasteiger partial charge is 0.309 e. The summed E-state index contributed by atoms with van der Waals surface area (Å²) in [5.41, 5.74) is 3.43. The van der Waals surface area contributed by atoms with Crippen LogP contribution in [0.5, 0.6) is 0 Å². The molecule has 1 aliphatic rings. The molecule has 1 heterocycles. The molecule has 2 unspecified atom stereocenters. The number of alkyl halides is 1. The van der Waals surface area contributed by atoms with Gasteiger partial charge in [0, 0.05) is 22.0 Å². The molecule has 0 saturated carbocycles. The third-order valence-electron chi connectivity index (χ3n) is 4.37. The molecule has 2 rings (SSSR count). The molecule has 1 aromatic carbocycles. The van der Waals surface area contributed by atoms with Crippen molar-refractivity contribution in [3.05, 3.63) is 29.3 Å². The van der Waals surface area contributed by atoms with Crippen molar-refractivity contribution >= 4 is 27.5 Å². The lowest BCUT2D eigenvalue weighted by Crippen LogP contribution is -2.42. The van der Waals surface area contributed by atoms with Gasteiger partial charge in [-0.1, -0.05) is 62.7 Å². The summed E-state index contributed by atoms with van der Waals surface area (Å²) >= 11 is 3.77. The van der Waals surface area contributed by atoms with Gasteiger partial charge in [0.05, 0.1) is 0 Å². The topological polar surface area (TPSA) is 20.3 Å². The zero-order valence-electron chi connectivity index (χ0n) is 14.6. The van der Waals surface area contributed by atoms with Crippen molar-refractivity contribution in [3.8, 4) is 0 Å². The van der Waals surface area contributed by atoms with Gasteiger partial charge in [0.1, 0.15) is 0 Å². The van der Waals surface area contributed by atoms with Crippen LogP contribution in [0.25, 0.3) is 0 Å². The smallest absolute Gasteiger partial charge is 0.232 e. The SMILES string of the molecule is CC(C)C(Br)Cc1ccc2c(c1)CC(C)N2C(=O)C(C)(C)C. The Kier molecular flexibility index (Phi) is 5.06. The van der Waals surface area contributed by atoms with E-state index in [1.165, 1.54) is 11.1 Å². The van der Waals surface area contributed by atoms with Crippen molar-refractivity contribution in [2.75, 3.05) is 4.90 Å². The molecule has 0 radical (unpaired) electrons. The fourth-order valence-electron chi connectivity index (χ4n) is 2.94. The standard InChI is InChI=1S/C19H28BrNO/c1-12(2)16(20)11-14-7-8-17-15(10-14)9-13(3)21(17)18(22)19(4,5)6/h7-8,10,12-13,16H,9,11H2,1-6H3. The first-order valence-corrected chi connectivity index (χ1v) is 9.12. The number of amides is 1. The maximum atomic E-state index is 12.7. The molecular weight excluding hydrogens is 338 g/mol. The number of benzene rings is 1. The number of anilines is 1. The Hall–Kier alpha value is -0.830. The molecule has 122 valence electrons. The van der Waals surface area contributed by atoms with Gasteiger partial charge in [-0.05, 0) is 42.9 Å². The van der Waals surface area contributed by atoms with E-state index in [-0.39, 0.29) is 17.4 Å². The molecule has 0 saturated heterocycles. The van der Waals surface area contributed by atoms with E-state index >= 15 is 0 Å². The lowest BCUT2D eigenvalue weighted by molar-refractivity contribution is -0.126. The van der Waals surface area contributed by atoms with E-state index in [0.29, 0.717) is 10.7 Å². The second-order valence-corrected chi connectivity index (χ2v) is 9.08. The molecule has 0 bridgehead atoms. The predicted molar refractivity (Wildman–Crippen MR) is 97.8 cm³/mol. The molecule has 0 aromatic heterocycles. The zero-order valence-corrected chi connectivity index (χ0v) is 16.2. The molecule has 0 fully saturated rings. The Morgan fingerprint density at radius 2 is 2.00 bits per heavy atom. The average Bonchev–Trinajstić information content (AvgIpc) is 2.71. The van der Waals surface area contributed by atoms with Crippen molar-refractivity contribution in [3.63, 3.8) is 0 Å². The predicted octanol–water partition coefficient (Wildman–Crippen LogP) is 4.97. The second kappa shape index (κ2) is 6.35. The van der Waals surface area contributed by atoms with Gasteiger partial charge in [0.2, 0.25) is 5.91 Å². The number of hydrogen-bond donors (Lipinski definition) is 0. The minimum absolute atomic E-state index is 0.215. The lowest BCUT2D eigenvalue weighted by Gasteiger charge is -2.30. The van der Waals surface area contributed by atoms with E-state index in [1.54, 1.807) is 0 Å². The van der Waals surface area contributed by atoms with E-state index < -0.39 is 0 Å². The van der Waals surface area contributed by atoms with E-state index in [1.807, 2.05) is 25.7 Å². The molecule has 0 spiro atoms. The quantitative estimate of drug-likeness (QED) is 0.692. The molecule has 3 heteroatoms. The second-order valence-electron chi connectivity index (χ2n) is 7.91. The molecule has 1 aromatic rings. The van der Waals surface area contributed by atoms with Gasteiger partial charge >= 0.3 is 0 Å². The molecule has 0 aliphatic carbocycles. The normalized spacial score (nSPS) is 19.5. The zero-order chi connectivity index (χ0) is 16.7. The van der Waals surface area contributed by atoms with Crippen LogP contribution in [-0.2, 0) is 17.6 Å². The number of hydrogen-bond acceptors (Lipinski definition) is 1. The number of rotatable bonds is 3. The van der Waals surface area contributed by atoms with Gasteiger partial charge in [-0.25, -0.2) is 0 Å². The van der Waals surface area contributed by atoms with Gasteiger partial charge in [-0.3, -0.25) is 4.79 Å². The maximum absolute atomic E-state index is 12.7. The van der Waals surface area contributed by atoms with Crippen molar-refractivity contribution in [1.29, 1.82) is 0 Å². The summed E-state index contributed by atoms with van der Waals surface area (Å²) in [4.78, 5) is 15.2. The highest BCUT2D eigenvalue weighted by atomic mass is 79.9. The lowest BCUT2D eigenvalue weighted by atomic mass is 9.94. The molecule has 2 atom stereocenters. The summed E-state index contributed by atoms with van der Waals surface area (Å²) in [5.74, 6) is 0.832. The maximum Gasteiger partial charge on any atom is 0.232 e. The van der Waals surface area contributed by atoms with Crippen molar-refractivity contribution in [2.45, 2.75) is 65.3 Å². The summed E-state index contributed by atoms with van der Waals surface area (Å²) < 4.78 is 0. The van der Waals surface area contributed by atoms with Crippen LogP contribution in [0.4, 0.5) is 5.69 Å². The number of carbonyl (C=O) groups is 1. The van der Waals surface area contributed by atoms with Crippen molar-refractivity contribution in [2.24, 2.45) is 11.3 Å². The minimum atomic E-state index is -0.340. The van der Waals surface area contributed by atoms with Crippen molar-refractivity contribution < 1.29 is 4.79 Å². The summed E-state index contributed by atoms with van der Waals surface area (Å²) in [6, 6.07) is 6.86. The third kappa shape index (κ3) is 3.56. The van der Waals surface area contributed by atoms with E-state index in [9.17, 15) is 4.79 Å². The molecule has 1 aliphatic heterocycles. The average molecular weight is 366 g/mol. The van der Waals surface area contributed by atoms with E-state index in [2.05, 4.69) is 54.9 Å². The fraction of sp³-hybridized carbons (Fsp3) is 0.632. The Balaban J connectivity index is 2.26. The number of carbonyl (C=O) groups excluding carboxylic acids is 1. The van der Waals surface area contributed by atoms with Gasteiger partial charge < -0.3 is 4.90 Å². The van der Waals surface area contributed by atoms with Crippen molar-refractivity contribution in [1.82, 2.24) is 0 Å². The monoisotopic (exact) mass is 365 g/mol. The van der Waals surface area contributed by atoms with E-state index in [4.69, 9.17) is 0 Å². The Labute approximate surface area is 143 Å². The molecule has 0 N–H and O–H groups in total. The van der Waals surface area contributed by atoms with E-state index in [0.717, 1.165) is 18.5 Å². The first-order chi connectivity index (χ1) is 10.1. The van der Waals surface area contributed by atoms with Crippen LogP contribution in [0.2, 0.25) is 0 Å². The Morgan fingerprint density at radius 3 is 2.55 bits per heavy atom. The van der Waals surface area contributed by atoms with Gasteiger partial charge in [-0.15, -0.1) is 0 Å². The van der Waals surface area contributed by atoms with Crippen LogP contribution in [0.3, 0.4) is 0 Å². The van der Waals surface area contributed by atoms with Crippen LogP contribution >= 0.6 is 15.9 Å².